The molecule has 0 bridgehead atoms. The van der Waals surface area contributed by atoms with Gasteiger partial charge in [-0.05, 0) is 49.0 Å². The zero-order chi connectivity index (χ0) is 14.2. The Balaban J connectivity index is 2.61. The molecule has 0 aromatic heterocycles. The third-order valence-electron chi connectivity index (χ3n) is 3.78. The van der Waals surface area contributed by atoms with Crippen molar-refractivity contribution in [3.05, 3.63) is 47.1 Å². The second-order valence-corrected chi connectivity index (χ2v) is 5.96. The zero-order valence-corrected chi connectivity index (χ0v) is 12.7. The van der Waals surface area contributed by atoms with Gasteiger partial charge in [0, 0.05) is 11.5 Å². The van der Waals surface area contributed by atoms with E-state index >= 15 is 0 Å². The molecule has 0 saturated heterocycles. The summed E-state index contributed by atoms with van der Waals surface area (Å²) in [6, 6.07) is 4.42. The van der Waals surface area contributed by atoms with Crippen molar-refractivity contribution >= 4 is 5.57 Å². The Hall–Kier alpha value is -1.50. The summed E-state index contributed by atoms with van der Waals surface area (Å²) in [6.45, 7) is 12.9. The number of allylic oxidation sites excluding steroid dienone is 3. The molecule has 2 rings (SSSR count). The summed E-state index contributed by atoms with van der Waals surface area (Å²) in [5.41, 5.74) is 6.63. The Labute approximate surface area is 117 Å². The molecule has 1 aromatic rings. The topological polar surface area (TPSA) is 9.23 Å². The predicted octanol–water partition coefficient (Wildman–Crippen LogP) is 4.79. The van der Waals surface area contributed by atoms with Crippen LogP contribution in [0.1, 0.15) is 37.5 Å². The molecular formula is C18H24O. The van der Waals surface area contributed by atoms with E-state index in [9.17, 15) is 0 Å². The van der Waals surface area contributed by atoms with E-state index in [1.54, 1.807) is 7.11 Å². The summed E-state index contributed by atoms with van der Waals surface area (Å²) in [4.78, 5) is 0. The van der Waals surface area contributed by atoms with Gasteiger partial charge in [-0.1, -0.05) is 38.1 Å². The van der Waals surface area contributed by atoms with Crippen molar-refractivity contribution in [2.24, 2.45) is 11.8 Å². The van der Waals surface area contributed by atoms with E-state index < -0.39 is 0 Å². The van der Waals surface area contributed by atoms with Gasteiger partial charge in [-0.25, -0.2) is 0 Å². The van der Waals surface area contributed by atoms with Gasteiger partial charge < -0.3 is 4.74 Å². The van der Waals surface area contributed by atoms with E-state index in [2.05, 4.69) is 52.5 Å². The smallest absolute Gasteiger partial charge is 0.122 e. The van der Waals surface area contributed by atoms with Crippen LogP contribution in [-0.2, 0) is 6.42 Å². The molecule has 1 aromatic carbocycles. The van der Waals surface area contributed by atoms with Gasteiger partial charge in [0.05, 0.1) is 7.11 Å². The standard InChI is InChI=1S/C18H24O/c1-11(2)7-15-14(12(3)4)10-17-16(15)8-13(5)9-18(17)19-6/h7-9,11,14H,3,10H2,1-2,4-6H3/b15-7-. The molecule has 0 fully saturated rings. The average Bonchev–Trinajstić information content (AvgIpc) is 2.66. The highest BCUT2D eigenvalue weighted by Crippen LogP contribution is 2.45. The van der Waals surface area contributed by atoms with Gasteiger partial charge in [-0.15, -0.1) is 0 Å². The molecule has 0 spiro atoms. The van der Waals surface area contributed by atoms with Crippen molar-refractivity contribution < 1.29 is 4.74 Å². The van der Waals surface area contributed by atoms with E-state index in [1.807, 2.05) is 0 Å². The summed E-state index contributed by atoms with van der Waals surface area (Å²) >= 11 is 0. The van der Waals surface area contributed by atoms with Crippen LogP contribution in [0.15, 0.2) is 30.4 Å². The van der Waals surface area contributed by atoms with Gasteiger partial charge in [-0.3, -0.25) is 0 Å². The van der Waals surface area contributed by atoms with Crippen LogP contribution >= 0.6 is 0 Å². The number of fused-ring (bicyclic) bond motifs is 1. The van der Waals surface area contributed by atoms with Crippen molar-refractivity contribution in [1.29, 1.82) is 0 Å². The summed E-state index contributed by atoms with van der Waals surface area (Å²) in [5, 5.41) is 0. The minimum Gasteiger partial charge on any atom is -0.496 e. The lowest BCUT2D eigenvalue weighted by atomic mass is 9.91. The van der Waals surface area contributed by atoms with Crippen molar-refractivity contribution in [3.63, 3.8) is 0 Å². The molecule has 0 N–H and O–H groups in total. The van der Waals surface area contributed by atoms with Crippen LogP contribution < -0.4 is 4.74 Å². The normalized spacial score (nSPS) is 19.9. The van der Waals surface area contributed by atoms with E-state index in [-0.39, 0.29) is 0 Å². The van der Waals surface area contributed by atoms with E-state index in [0.717, 1.165) is 12.2 Å². The Morgan fingerprint density at radius 1 is 1.42 bits per heavy atom. The monoisotopic (exact) mass is 256 g/mol. The summed E-state index contributed by atoms with van der Waals surface area (Å²) in [6.07, 6.45) is 3.40. The number of methoxy groups -OCH3 is 1. The molecule has 1 atom stereocenters. The predicted molar refractivity (Wildman–Crippen MR) is 82.6 cm³/mol. The first-order chi connectivity index (χ1) is 8.93. The molecule has 0 aliphatic heterocycles. The minimum atomic E-state index is 0.438. The van der Waals surface area contributed by atoms with Crippen LogP contribution in [0.5, 0.6) is 5.75 Å². The van der Waals surface area contributed by atoms with Gasteiger partial charge in [-0.2, -0.15) is 0 Å². The highest BCUT2D eigenvalue weighted by Gasteiger charge is 2.30. The van der Waals surface area contributed by atoms with Gasteiger partial charge in [0.2, 0.25) is 0 Å². The largest absolute Gasteiger partial charge is 0.496 e. The van der Waals surface area contributed by atoms with E-state index in [1.165, 1.54) is 27.8 Å². The minimum absolute atomic E-state index is 0.438. The number of benzene rings is 1. The number of aryl methyl sites for hydroxylation is 1. The molecule has 0 saturated carbocycles. The third kappa shape index (κ3) is 2.60. The molecule has 19 heavy (non-hydrogen) atoms. The maximum absolute atomic E-state index is 5.56. The van der Waals surface area contributed by atoms with Gasteiger partial charge >= 0.3 is 0 Å². The Kier molecular flexibility index (Phi) is 3.84. The number of ether oxygens (including phenoxy) is 1. The summed E-state index contributed by atoms with van der Waals surface area (Å²) < 4.78 is 5.56. The van der Waals surface area contributed by atoms with Crippen molar-refractivity contribution in [2.45, 2.75) is 34.1 Å². The lowest BCUT2D eigenvalue weighted by Gasteiger charge is -2.13. The zero-order valence-electron chi connectivity index (χ0n) is 12.7. The van der Waals surface area contributed by atoms with Crippen LogP contribution in [0.2, 0.25) is 0 Å². The van der Waals surface area contributed by atoms with Crippen LogP contribution in [0, 0.1) is 18.8 Å². The molecule has 1 nitrogen and oxygen atoms in total. The van der Waals surface area contributed by atoms with Crippen LogP contribution in [0.25, 0.3) is 5.57 Å². The Morgan fingerprint density at radius 2 is 2.11 bits per heavy atom. The molecule has 1 aliphatic carbocycles. The lowest BCUT2D eigenvalue weighted by Crippen LogP contribution is -2.00. The van der Waals surface area contributed by atoms with E-state index in [4.69, 9.17) is 4.74 Å². The quantitative estimate of drug-likeness (QED) is 0.706. The third-order valence-corrected chi connectivity index (χ3v) is 3.78. The van der Waals surface area contributed by atoms with Crippen molar-refractivity contribution in [3.8, 4) is 5.75 Å². The molecule has 1 unspecified atom stereocenters. The van der Waals surface area contributed by atoms with Crippen LogP contribution in [0.3, 0.4) is 0 Å². The first-order valence-corrected chi connectivity index (χ1v) is 6.99. The van der Waals surface area contributed by atoms with Gasteiger partial charge in [0.1, 0.15) is 5.75 Å². The molecule has 102 valence electrons. The molecule has 1 heteroatoms. The fourth-order valence-electron chi connectivity index (χ4n) is 2.94. The average molecular weight is 256 g/mol. The summed E-state index contributed by atoms with van der Waals surface area (Å²) in [7, 11) is 1.76. The number of hydrogen-bond donors (Lipinski definition) is 0. The van der Waals surface area contributed by atoms with Gasteiger partial charge in [0.15, 0.2) is 0 Å². The fraction of sp³-hybridized carbons (Fsp3) is 0.444. The first-order valence-electron chi connectivity index (χ1n) is 6.99. The number of hydrogen-bond acceptors (Lipinski definition) is 1. The number of rotatable bonds is 3. The molecule has 0 radical (unpaired) electrons. The molecular weight excluding hydrogens is 232 g/mol. The second-order valence-electron chi connectivity index (χ2n) is 5.96. The summed E-state index contributed by atoms with van der Waals surface area (Å²) in [5.74, 6) is 2.01. The van der Waals surface area contributed by atoms with E-state index in [0.29, 0.717) is 11.8 Å². The molecule has 1 aliphatic rings. The Morgan fingerprint density at radius 3 is 2.63 bits per heavy atom. The molecule has 0 heterocycles. The first kappa shape index (κ1) is 13.9. The maximum atomic E-state index is 5.56. The second kappa shape index (κ2) is 5.24. The van der Waals surface area contributed by atoms with Crippen LogP contribution in [-0.4, -0.2) is 7.11 Å². The van der Waals surface area contributed by atoms with Crippen LogP contribution in [0.4, 0.5) is 0 Å². The fourth-order valence-corrected chi connectivity index (χ4v) is 2.94. The Bertz CT molecular complexity index is 535. The highest BCUT2D eigenvalue weighted by molar-refractivity contribution is 5.79. The molecule has 0 amide bonds. The van der Waals surface area contributed by atoms with Crippen molar-refractivity contribution in [2.75, 3.05) is 7.11 Å². The lowest BCUT2D eigenvalue weighted by molar-refractivity contribution is 0.409. The van der Waals surface area contributed by atoms with Crippen molar-refractivity contribution in [1.82, 2.24) is 0 Å². The highest BCUT2D eigenvalue weighted by atomic mass is 16.5. The van der Waals surface area contributed by atoms with Gasteiger partial charge in [0.25, 0.3) is 0 Å². The SMILES string of the molecule is C=C(C)C1Cc2c(OC)cc(C)cc2/C1=C\C(C)C. The maximum Gasteiger partial charge on any atom is 0.122 e.